The third kappa shape index (κ3) is 2.92. The summed E-state index contributed by atoms with van der Waals surface area (Å²) in [6, 6.07) is 5.55. The van der Waals surface area contributed by atoms with Gasteiger partial charge in [-0.05, 0) is 25.1 Å². The number of benzene rings is 1. The van der Waals surface area contributed by atoms with Crippen LogP contribution >= 0.6 is 0 Å². The molecule has 6 nitrogen and oxygen atoms in total. The molecular formula is C16H19NO5. The first-order valence-electron chi connectivity index (χ1n) is 7.25. The number of carbonyl (C=O) groups excluding carboxylic acids is 1. The second kappa shape index (κ2) is 5.96. The molecule has 1 spiro atoms. The highest BCUT2D eigenvalue weighted by atomic mass is 16.7. The van der Waals surface area contributed by atoms with Gasteiger partial charge < -0.3 is 19.0 Å². The summed E-state index contributed by atoms with van der Waals surface area (Å²) in [6.07, 6.45) is 1.56. The maximum absolute atomic E-state index is 11.1. The van der Waals surface area contributed by atoms with Crippen LogP contribution in [0.5, 0.6) is 11.5 Å². The summed E-state index contributed by atoms with van der Waals surface area (Å²) in [5.41, 5.74) is 1.46. The normalized spacial score (nSPS) is 23.3. The highest BCUT2D eigenvalue weighted by Gasteiger charge is 2.43. The van der Waals surface area contributed by atoms with Crippen LogP contribution < -0.4 is 9.47 Å². The summed E-state index contributed by atoms with van der Waals surface area (Å²) in [5, 5.41) is 4.21. The predicted molar refractivity (Wildman–Crippen MR) is 79.6 cm³/mol. The minimum atomic E-state index is -0.310. The van der Waals surface area contributed by atoms with E-state index >= 15 is 0 Å². The van der Waals surface area contributed by atoms with Crippen LogP contribution in [0.2, 0.25) is 0 Å². The lowest BCUT2D eigenvalue weighted by Crippen LogP contribution is -2.29. The van der Waals surface area contributed by atoms with Crippen LogP contribution in [-0.2, 0) is 14.4 Å². The van der Waals surface area contributed by atoms with Crippen molar-refractivity contribution in [3.63, 3.8) is 0 Å². The molecule has 0 amide bonds. The van der Waals surface area contributed by atoms with E-state index in [0.29, 0.717) is 31.1 Å². The van der Waals surface area contributed by atoms with Gasteiger partial charge in [0.05, 0.1) is 26.0 Å². The Bertz CT molecular complexity index is 605. The number of oxime groups is 1. The first-order chi connectivity index (χ1) is 10.6. The van der Waals surface area contributed by atoms with Crippen LogP contribution in [0.1, 0.15) is 25.3 Å². The van der Waals surface area contributed by atoms with Crippen molar-refractivity contribution in [2.75, 3.05) is 26.9 Å². The first kappa shape index (κ1) is 14.8. The Morgan fingerprint density at radius 3 is 2.95 bits per heavy atom. The Morgan fingerprint density at radius 1 is 1.41 bits per heavy atom. The average molecular weight is 305 g/mol. The molecule has 2 aliphatic rings. The Hall–Kier alpha value is -2.08. The van der Waals surface area contributed by atoms with Gasteiger partial charge in [0.15, 0.2) is 22.9 Å². The molecular weight excluding hydrogens is 286 g/mol. The molecule has 0 radical (unpaired) electrons. The zero-order valence-corrected chi connectivity index (χ0v) is 12.8. The van der Waals surface area contributed by atoms with Gasteiger partial charge in [-0.1, -0.05) is 5.16 Å². The van der Waals surface area contributed by atoms with Gasteiger partial charge in [0.25, 0.3) is 0 Å². The molecule has 0 aromatic heterocycles. The lowest BCUT2D eigenvalue weighted by atomic mass is 9.93. The summed E-state index contributed by atoms with van der Waals surface area (Å²) in [7, 11) is 1.57. The molecule has 1 aromatic carbocycles. The van der Waals surface area contributed by atoms with Crippen LogP contribution in [0, 0.1) is 0 Å². The van der Waals surface area contributed by atoms with Crippen LogP contribution in [-0.4, -0.2) is 44.0 Å². The first-order valence-corrected chi connectivity index (χ1v) is 7.25. The van der Waals surface area contributed by atoms with E-state index in [1.54, 1.807) is 7.11 Å². The van der Waals surface area contributed by atoms with E-state index in [2.05, 4.69) is 5.16 Å². The lowest BCUT2D eigenvalue weighted by molar-refractivity contribution is -0.118. The van der Waals surface area contributed by atoms with Crippen molar-refractivity contribution in [3.05, 3.63) is 23.8 Å². The maximum atomic E-state index is 11.1. The van der Waals surface area contributed by atoms with E-state index in [9.17, 15) is 4.79 Å². The Labute approximate surface area is 129 Å². The second-order valence-electron chi connectivity index (χ2n) is 5.65. The summed E-state index contributed by atoms with van der Waals surface area (Å²) in [4.78, 5) is 16.7. The van der Waals surface area contributed by atoms with Gasteiger partial charge in [0.2, 0.25) is 0 Å². The summed E-state index contributed by atoms with van der Waals surface area (Å²) in [5.74, 6) is 1.07. The molecule has 1 fully saturated rings. The van der Waals surface area contributed by atoms with Gasteiger partial charge in [-0.3, -0.25) is 4.79 Å². The van der Waals surface area contributed by atoms with Gasteiger partial charge in [-0.25, -0.2) is 0 Å². The van der Waals surface area contributed by atoms with Crippen LogP contribution in [0.15, 0.2) is 23.4 Å². The molecule has 2 aliphatic heterocycles. The van der Waals surface area contributed by atoms with E-state index in [-0.39, 0.29) is 18.0 Å². The predicted octanol–water partition coefficient (Wildman–Crippen LogP) is 1.95. The fourth-order valence-corrected chi connectivity index (χ4v) is 2.62. The zero-order chi connectivity index (χ0) is 15.6. The number of nitrogens with zero attached hydrogens (tertiary/aromatic N) is 1. The molecule has 3 rings (SSSR count). The highest BCUT2D eigenvalue weighted by molar-refractivity contribution is 6.02. The number of Topliss-reactive ketones (excluding diaryl/α,β-unsaturated/α-hetero) is 1. The van der Waals surface area contributed by atoms with Crippen molar-refractivity contribution in [2.45, 2.75) is 25.4 Å². The number of rotatable bonds is 5. The summed E-state index contributed by atoms with van der Waals surface area (Å²) < 4.78 is 16.2. The third-order valence-corrected chi connectivity index (χ3v) is 3.83. The van der Waals surface area contributed by atoms with Crippen molar-refractivity contribution < 1.29 is 23.8 Å². The van der Waals surface area contributed by atoms with E-state index < -0.39 is 0 Å². The quantitative estimate of drug-likeness (QED) is 0.832. The standard InChI is InChI=1S/C16H19NO5/c1-11(18)9-21-15-7-12(3-4-14(15)19-2)13-8-16(22-17-13)5-6-20-10-16/h3-4,7H,5-6,8-10H2,1-2H3. The number of methoxy groups -OCH3 is 1. The molecule has 1 aromatic rings. The molecule has 1 saturated heterocycles. The minimum absolute atomic E-state index is 0.0145. The number of ether oxygens (including phenoxy) is 3. The van der Waals surface area contributed by atoms with Crippen molar-refractivity contribution >= 4 is 11.5 Å². The average Bonchev–Trinajstić information content (AvgIpc) is 3.15. The van der Waals surface area contributed by atoms with Crippen LogP contribution in [0.4, 0.5) is 0 Å². The lowest BCUT2D eigenvalue weighted by Gasteiger charge is -2.17. The van der Waals surface area contributed by atoms with E-state index in [1.807, 2.05) is 18.2 Å². The van der Waals surface area contributed by atoms with Gasteiger partial charge in [-0.2, -0.15) is 0 Å². The Kier molecular flexibility index (Phi) is 4.02. The van der Waals surface area contributed by atoms with Crippen LogP contribution in [0.25, 0.3) is 0 Å². The molecule has 0 N–H and O–H groups in total. The third-order valence-electron chi connectivity index (χ3n) is 3.83. The van der Waals surface area contributed by atoms with Crippen molar-refractivity contribution in [2.24, 2.45) is 5.16 Å². The smallest absolute Gasteiger partial charge is 0.168 e. The van der Waals surface area contributed by atoms with E-state index in [4.69, 9.17) is 19.0 Å². The zero-order valence-electron chi connectivity index (χ0n) is 12.8. The fraction of sp³-hybridized carbons (Fsp3) is 0.500. The molecule has 0 aliphatic carbocycles. The van der Waals surface area contributed by atoms with Crippen molar-refractivity contribution in [3.8, 4) is 11.5 Å². The van der Waals surface area contributed by atoms with Gasteiger partial charge in [0.1, 0.15) is 6.61 Å². The number of ketones is 1. The number of carbonyl (C=O) groups is 1. The monoisotopic (exact) mass is 305 g/mol. The molecule has 0 saturated carbocycles. The molecule has 6 heteroatoms. The number of hydrogen-bond acceptors (Lipinski definition) is 6. The van der Waals surface area contributed by atoms with Crippen LogP contribution in [0.3, 0.4) is 0 Å². The molecule has 22 heavy (non-hydrogen) atoms. The highest BCUT2D eigenvalue weighted by Crippen LogP contribution is 2.36. The topological polar surface area (TPSA) is 66.3 Å². The molecule has 1 atom stereocenters. The largest absolute Gasteiger partial charge is 0.493 e. The fourth-order valence-electron chi connectivity index (χ4n) is 2.62. The summed E-state index contributed by atoms with van der Waals surface area (Å²) in [6.45, 7) is 2.78. The molecule has 118 valence electrons. The molecule has 1 unspecified atom stereocenters. The minimum Gasteiger partial charge on any atom is -0.493 e. The van der Waals surface area contributed by atoms with Crippen molar-refractivity contribution in [1.29, 1.82) is 0 Å². The SMILES string of the molecule is COc1ccc(C2=NOC3(CCOC3)C2)cc1OCC(C)=O. The van der Waals surface area contributed by atoms with E-state index in [0.717, 1.165) is 17.7 Å². The van der Waals surface area contributed by atoms with E-state index in [1.165, 1.54) is 6.92 Å². The maximum Gasteiger partial charge on any atom is 0.168 e. The van der Waals surface area contributed by atoms with Gasteiger partial charge >= 0.3 is 0 Å². The summed E-state index contributed by atoms with van der Waals surface area (Å²) >= 11 is 0. The van der Waals surface area contributed by atoms with Gasteiger partial charge in [0, 0.05) is 18.4 Å². The molecule has 0 bridgehead atoms. The Balaban J connectivity index is 1.79. The Morgan fingerprint density at radius 2 is 2.27 bits per heavy atom. The van der Waals surface area contributed by atoms with Crippen molar-refractivity contribution in [1.82, 2.24) is 0 Å². The number of hydrogen-bond donors (Lipinski definition) is 0. The molecule has 2 heterocycles. The second-order valence-corrected chi connectivity index (χ2v) is 5.65. The van der Waals surface area contributed by atoms with Gasteiger partial charge in [-0.15, -0.1) is 0 Å².